The molecule has 0 saturated heterocycles. The first-order valence-electron chi connectivity index (χ1n) is 8.15. The normalized spacial score (nSPS) is 10.2. The maximum absolute atomic E-state index is 12.3. The number of ether oxygens (including phenoxy) is 1. The number of carbonyl (C=O) groups is 2. The molecule has 0 unspecified atom stereocenters. The summed E-state index contributed by atoms with van der Waals surface area (Å²) < 4.78 is 5.11. The molecule has 0 saturated carbocycles. The fourth-order valence-corrected chi connectivity index (χ4v) is 2.62. The van der Waals surface area contributed by atoms with Gasteiger partial charge < -0.3 is 15.0 Å². The van der Waals surface area contributed by atoms with Gasteiger partial charge in [-0.3, -0.25) is 9.59 Å². The lowest BCUT2D eigenvalue weighted by Crippen LogP contribution is -2.40. The third-order valence-electron chi connectivity index (χ3n) is 3.97. The van der Waals surface area contributed by atoms with E-state index >= 15 is 0 Å². The zero-order valence-corrected chi connectivity index (χ0v) is 15.1. The SMILES string of the molecule is COc1ccc(CNC(=O)CN(C(C)=O)c2ccc(C)cc2C)cc1. The van der Waals surface area contributed by atoms with Gasteiger partial charge in [0.05, 0.1) is 7.11 Å². The number of nitrogens with zero attached hydrogens (tertiary/aromatic N) is 1. The standard InChI is InChI=1S/C20H24N2O3/c1-14-5-10-19(15(2)11-14)22(16(3)23)13-20(24)21-12-17-6-8-18(25-4)9-7-17/h5-11H,12-13H2,1-4H3,(H,21,24). The third kappa shape index (κ3) is 5.08. The van der Waals surface area contributed by atoms with Crippen LogP contribution in [0.25, 0.3) is 0 Å². The van der Waals surface area contributed by atoms with Crippen LogP contribution in [0.1, 0.15) is 23.6 Å². The van der Waals surface area contributed by atoms with Crippen molar-refractivity contribution in [3.05, 3.63) is 59.2 Å². The van der Waals surface area contributed by atoms with Crippen molar-refractivity contribution in [2.24, 2.45) is 0 Å². The largest absolute Gasteiger partial charge is 0.497 e. The maximum atomic E-state index is 12.3. The molecule has 0 aliphatic heterocycles. The van der Waals surface area contributed by atoms with Gasteiger partial charge in [0.15, 0.2) is 0 Å². The Morgan fingerprint density at radius 1 is 1.08 bits per heavy atom. The minimum absolute atomic E-state index is 0.00457. The number of aryl methyl sites for hydroxylation is 2. The van der Waals surface area contributed by atoms with Crippen LogP contribution in [0.2, 0.25) is 0 Å². The summed E-state index contributed by atoms with van der Waals surface area (Å²) in [6.07, 6.45) is 0. The molecule has 2 aromatic rings. The quantitative estimate of drug-likeness (QED) is 0.879. The lowest BCUT2D eigenvalue weighted by molar-refractivity contribution is -0.123. The number of methoxy groups -OCH3 is 1. The van der Waals surface area contributed by atoms with E-state index in [1.807, 2.05) is 56.3 Å². The highest BCUT2D eigenvalue weighted by Crippen LogP contribution is 2.21. The average molecular weight is 340 g/mol. The lowest BCUT2D eigenvalue weighted by atomic mass is 10.1. The Morgan fingerprint density at radius 2 is 1.76 bits per heavy atom. The molecule has 0 spiro atoms. The van der Waals surface area contributed by atoms with E-state index in [1.54, 1.807) is 7.11 Å². The minimum atomic E-state index is -0.203. The Morgan fingerprint density at radius 3 is 2.32 bits per heavy atom. The number of carbonyl (C=O) groups excluding carboxylic acids is 2. The van der Waals surface area contributed by atoms with Gasteiger partial charge in [-0.05, 0) is 43.2 Å². The van der Waals surface area contributed by atoms with E-state index in [9.17, 15) is 9.59 Å². The van der Waals surface area contributed by atoms with Gasteiger partial charge >= 0.3 is 0 Å². The zero-order chi connectivity index (χ0) is 18.4. The molecule has 0 atom stereocenters. The van der Waals surface area contributed by atoms with Gasteiger partial charge in [0.1, 0.15) is 12.3 Å². The van der Waals surface area contributed by atoms with Crippen LogP contribution in [0.15, 0.2) is 42.5 Å². The molecule has 0 fully saturated rings. The summed E-state index contributed by atoms with van der Waals surface area (Å²) in [5, 5.41) is 2.85. The van der Waals surface area contributed by atoms with E-state index in [2.05, 4.69) is 5.32 Å². The highest BCUT2D eigenvalue weighted by molar-refractivity contribution is 5.98. The van der Waals surface area contributed by atoms with Crippen LogP contribution in [-0.4, -0.2) is 25.5 Å². The highest BCUT2D eigenvalue weighted by Gasteiger charge is 2.17. The van der Waals surface area contributed by atoms with Crippen molar-refractivity contribution < 1.29 is 14.3 Å². The van der Waals surface area contributed by atoms with Gasteiger partial charge in [-0.25, -0.2) is 0 Å². The molecule has 0 bridgehead atoms. The molecule has 2 aromatic carbocycles. The fourth-order valence-electron chi connectivity index (χ4n) is 2.62. The number of rotatable bonds is 6. The van der Waals surface area contributed by atoms with Crippen LogP contribution >= 0.6 is 0 Å². The van der Waals surface area contributed by atoms with E-state index < -0.39 is 0 Å². The second-order valence-electron chi connectivity index (χ2n) is 6.02. The van der Waals surface area contributed by atoms with E-state index in [0.29, 0.717) is 6.54 Å². The minimum Gasteiger partial charge on any atom is -0.497 e. The Hall–Kier alpha value is -2.82. The molecular formula is C20H24N2O3. The topological polar surface area (TPSA) is 58.6 Å². The lowest BCUT2D eigenvalue weighted by Gasteiger charge is -2.23. The summed E-state index contributed by atoms with van der Waals surface area (Å²) in [6.45, 7) is 5.80. The van der Waals surface area contributed by atoms with Gasteiger partial charge in [-0.1, -0.05) is 29.8 Å². The molecule has 0 aliphatic carbocycles. The number of hydrogen-bond acceptors (Lipinski definition) is 3. The first-order chi connectivity index (χ1) is 11.9. The second kappa shape index (κ2) is 8.33. The summed E-state index contributed by atoms with van der Waals surface area (Å²) in [7, 11) is 1.61. The third-order valence-corrected chi connectivity index (χ3v) is 3.97. The maximum Gasteiger partial charge on any atom is 0.240 e. The zero-order valence-electron chi connectivity index (χ0n) is 15.1. The van der Waals surface area contributed by atoms with Crippen molar-refractivity contribution >= 4 is 17.5 Å². The highest BCUT2D eigenvalue weighted by atomic mass is 16.5. The van der Waals surface area contributed by atoms with E-state index in [-0.39, 0.29) is 18.4 Å². The Kier molecular flexibility index (Phi) is 6.17. The Bertz CT molecular complexity index is 754. The van der Waals surface area contributed by atoms with Crippen LogP contribution in [0.3, 0.4) is 0 Å². The number of anilines is 1. The van der Waals surface area contributed by atoms with Gasteiger partial charge in [0.2, 0.25) is 11.8 Å². The van der Waals surface area contributed by atoms with Crippen LogP contribution in [0.4, 0.5) is 5.69 Å². The van der Waals surface area contributed by atoms with Crippen molar-refractivity contribution in [2.45, 2.75) is 27.3 Å². The van der Waals surface area contributed by atoms with E-state index in [4.69, 9.17) is 4.74 Å². The molecule has 132 valence electrons. The predicted molar refractivity (Wildman–Crippen MR) is 98.8 cm³/mol. The van der Waals surface area contributed by atoms with Crippen LogP contribution in [0.5, 0.6) is 5.75 Å². The summed E-state index contributed by atoms with van der Waals surface area (Å²) in [4.78, 5) is 25.8. The van der Waals surface area contributed by atoms with Crippen molar-refractivity contribution in [2.75, 3.05) is 18.6 Å². The van der Waals surface area contributed by atoms with E-state index in [1.165, 1.54) is 11.8 Å². The van der Waals surface area contributed by atoms with Crippen molar-refractivity contribution in [3.63, 3.8) is 0 Å². The molecule has 0 aromatic heterocycles. The van der Waals surface area contributed by atoms with Crippen LogP contribution < -0.4 is 15.0 Å². The van der Waals surface area contributed by atoms with Crippen molar-refractivity contribution in [3.8, 4) is 5.75 Å². The monoisotopic (exact) mass is 340 g/mol. The van der Waals surface area contributed by atoms with Gasteiger partial charge in [0.25, 0.3) is 0 Å². The molecule has 2 amide bonds. The molecule has 0 radical (unpaired) electrons. The fraction of sp³-hybridized carbons (Fsp3) is 0.300. The summed E-state index contributed by atoms with van der Waals surface area (Å²) in [5.41, 5.74) is 3.82. The molecule has 1 N–H and O–H groups in total. The van der Waals surface area contributed by atoms with Crippen molar-refractivity contribution in [1.29, 1.82) is 0 Å². The first-order valence-corrected chi connectivity index (χ1v) is 8.15. The molecule has 25 heavy (non-hydrogen) atoms. The number of nitrogens with one attached hydrogen (secondary N) is 1. The smallest absolute Gasteiger partial charge is 0.240 e. The van der Waals surface area contributed by atoms with Gasteiger partial charge in [0, 0.05) is 19.2 Å². The average Bonchev–Trinajstić information content (AvgIpc) is 2.58. The predicted octanol–water partition coefficient (Wildman–Crippen LogP) is 2.98. The number of benzene rings is 2. The molecule has 5 heteroatoms. The molecular weight excluding hydrogens is 316 g/mol. The van der Waals surface area contributed by atoms with Crippen molar-refractivity contribution in [1.82, 2.24) is 5.32 Å². The second-order valence-corrected chi connectivity index (χ2v) is 6.02. The molecule has 0 heterocycles. The van der Waals surface area contributed by atoms with Gasteiger partial charge in [-0.2, -0.15) is 0 Å². The molecule has 5 nitrogen and oxygen atoms in total. The summed E-state index contributed by atoms with van der Waals surface area (Å²) >= 11 is 0. The van der Waals surface area contributed by atoms with Crippen LogP contribution in [-0.2, 0) is 16.1 Å². The Balaban J connectivity index is 2.01. The number of hydrogen-bond donors (Lipinski definition) is 1. The summed E-state index contributed by atoms with van der Waals surface area (Å²) in [5.74, 6) is 0.408. The Labute approximate surface area is 148 Å². The summed E-state index contributed by atoms with van der Waals surface area (Å²) in [6, 6.07) is 13.3. The molecule has 2 rings (SSSR count). The van der Waals surface area contributed by atoms with E-state index in [0.717, 1.165) is 28.1 Å². The number of amides is 2. The van der Waals surface area contributed by atoms with Crippen LogP contribution in [0, 0.1) is 13.8 Å². The molecule has 0 aliphatic rings. The first kappa shape index (κ1) is 18.5. The van der Waals surface area contributed by atoms with Gasteiger partial charge in [-0.15, -0.1) is 0 Å².